The number of carboxylic acids is 2. The molecule has 0 radical (unpaired) electrons. The highest BCUT2D eigenvalue weighted by atomic mass is 32.2. The van der Waals surface area contributed by atoms with Gasteiger partial charge in [0.15, 0.2) is 0 Å². The van der Waals surface area contributed by atoms with Gasteiger partial charge < -0.3 is 10.2 Å². The van der Waals surface area contributed by atoms with Gasteiger partial charge in [0.25, 0.3) is 0 Å². The molecule has 110 valence electrons. The topological polar surface area (TPSA) is 121 Å². The van der Waals surface area contributed by atoms with E-state index in [1.165, 1.54) is 0 Å². The first-order valence-corrected chi connectivity index (χ1v) is 7.83. The second-order valence-corrected chi connectivity index (χ2v) is 6.74. The van der Waals surface area contributed by atoms with Gasteiger partial charge in [0.05, 0.1) is 5.25 Å². The number of aliphatic carboxylic acids is 2. The number of nitrogens with one attached hydrogen (secondary N) is 1. The second kappa shape index (κ2) is 6.85. The Morgan fingerprint density at radius 1 is 1.16 bits per heavy atom. The third-order valence-electron chi connectivity index (χ3n) is 3.24. The quantitative estimate of drug-likeness (QED) is 0.630. The lowest BCUT2D eigenvalue weighted by Gasteiger charge is -2.24. The largest absolute Gasteiger partial charge is 0.481 e. The van der Waals surface area contributed by atoms with Crippen LogP contribution >= 0.6 is 0 Å². The monoisotopic (exact) mass is 293 g/mol. The molecular weight excluding hydrogens is 274 g/mol. The molecule has 1 saturated carbocycles. The Hall–Kier alpha value is -1.15. The third kappa shape index (κ3) is 5.15. The van der Waals surface area contributed by atoms with Crippen LogP contribution in [0.2, 0.25) is 0 Å². The van der Waals surface area contributed by atoms with E-state index in [-0.39, 0.29) is 12.8 Å². The maximum atomic E-state index is 12.0. The number of hydrogen-bond acceptors (Lipinski definition) is 4. The van der Waals surface area contributed by atoms with Crippen molar-refractivity contribution < 1.29 is 28.2 Å². The van der Waals surface area contributed by atoms with Gasteiger partial charge in [0.1, 0.15) is 6.04 Å². The van der Waals surface area contributed by atoms with Crippen molar-refractivity contribution in [3.8, 4) is 0 Å². The zero-order valence-corrected chi connectivity index (χ0v) is 11.4. The van der Waals surface area contributed by atoms with Gasteiger partial charge in [0.2, 0.25) is 10.0 Å². The minimum atomic E-state index is -3.70. The normalized spacial score (nSPS) is 18.9. The zero-order valence-electron chi connectivity index (χ0n) is 10.5. The van der Waals surface area contributed by atoms with Crippen molar-refractivity contribution in [3.05, 3.63) is 0 Å². The first-order valence-electron chi connectivity index (χ1n) is 6.28. The summed E-state index contributed by atoms with van der Waals surface area (Å²) in [5.41, 5.74) is 0. The maximum absolute atomic E-state index is 12.0. The average Bonchev–Trinajstić information content (AvgIpc) is 2.35. The molecule has 1 atom stereocenters. The number of carbonyl (C=O) groups is 2. The summed E-state index contributed by atoms with van der Waals surface area (Å²) in [6.07, 6.45) is 3.05. The van der Waals surface area contributed by atoms with Gasteiger partial charge in [-0.1, -0.05) is 19.3 Å². The van der Waals surface area contributed by atoms with E-state index in [0.29, 0.717) is 12.8 Å². The Morgan fingerprint density at radius 3 is 2.21 bits per heavy atom. The van der Waals surface area contributed by atoms with E-state index in [1.807, 2.05) is 0 Å². The van der Waals surface area contributed by atoms with Crippen LogP contribution in [-0.2, 0) is 19.6 Å². The van der Waals surface area contributed by atoms with Crippen LogP contribution in [0.4, 0.5) is 0 Å². The van der Waals surface area contributed by atoms with E-state index in [1.54, 1.807) is 0 Å². The van der Waals surface area contributed by atoms with E-state index in [9.17, 15) is 18.0 Å². The fourth-order valence-electron chi connectivity index (χ4n) is 2.17. The average molecular weight is 293 g/mol. The molecule has 8 heteroatoms. The molecule has 0 bridgehead atoms. The molecule has 0 aromatic heterocycles. The molecular formula is C11H19NO6S. The summed E-state index contributed by atoms with van der Waals surface area (Å²) in [7, 11) is -3.70. The van der Waals surface area contributed by atoms with E-state index in [0.717, 1.165) is 19.3 Å². The molecule has 19 heavy (non-hydrogen) atoms. The highest BCUT2D eigenvalue weighted by Gasteiger charge is 2.31. The first kappa shape index (κ1) is 15.9. The van der Waals surface area contributed by atoms with Crippen LogP contribution < -0.4 is 4.72 Å². The molecule has 1 fully saturated rings. The summed E-state index contributed by atoms with van der Waals surface area (Å²) in [6, 6.07) is -1.37. The van der Waals surface area contributed by atoms with Crippen molar-refractivity contribution >= 4 is 22.0 Å². The Bertz CT molecular complexity index is 426. The molecule has 1 rings (SSSR count). The minimum Gasteiger partial charge on any atom is -0.481 e. The lowest BCUT2D eigenvalue weighted by atomic mass is 10.0. The molecule has 0 aromatic carbocycles. The number of hydrogen-bond donors (Lipinski definition) is 3. The minimum absolute atomic E-state index is 0.253. The Balaban J connectivity index is 2.65. The highest BCUT2D eigenvalue weighted by Crippen LogP contribution is 2.23. The Morgan fingerprint density at radius 2 is 1.74 bits per heavy atom. The second-order valence-electron chi connectivity index (χ2n) is 4.75. The van der Waals surface area contributed by atoms with Crippen molar-refractivity contribution in [3.63, 3.8) is 0 Å². The van der Waals surface area contributed by atoms with E-state index in [2.05, 4.69) is 4.72 Å². The summed E-state index contributed by atoms with van der Waals surface area (Å²) in [5.74, 6) is -2.50. The van der Waals surface area contributed by atoms with Gasteiger partial charge >= 0.3 is 11.9 Å². The number of rotatable bonds is 7. The van der Waals surface area contributed by atoms with Gasteiger partial charge in [-0.05, 0) is 19.3 Å². The lowest BCUT2D eigenvalue weighted by molar-refractivity contribution is -0.140. The van der Waals surface area contributed by atoms with Crippen LogP contribution in [0.15, 0.2) is 0 Å². The summed E-state index contributed by atoms with van der Waals surface area (Å²) < 4.78 is 26.2. The molecule has 0 spiro atoms. The van der Waals surface area contributed by atoms with Crippen LogP contribution in [-0.4, -0.2) is 41.9 Å². The molecule has 0 amide bonds. The van der Waals surface area contributed by atoms with Crippen LogP contribution in [0, 0.1) is 0 Å². The van der Waals surface area contributed by atoms with E-state index < -0.39 is 33.3 Å². The molecule has 1 aliphatic rings. The molecule has 0 aromatic rings. The van der Waals surface area contributed by atoms with Gasteiger partial charge in [-0.3, -0.25) is 9.59 Å². The number of sulfonamides is 1. The standard InChI is InChI=1S/C11H19NO6S/c13-10(14)7-6-9(11(15)16)12-19(17,18)8-4-2-1-3-5-8/h8-9,12H,1-7H2,(H,13,14)(H,15,16)/t9-/m0/s1. The summed E-state index contributed by atoms with van der Waals surface area (Å²) >= 11 is 0. The molecule has 1 aliphatic carbocycles. The van der Waals surface area contributed by atoms with E-state index >= 15 is 0 Å². The van der Waals surface area contributed by atoms with Crippen molar-refractivity contribution in [1.29, 1.82) is 0 Å². The summed E-state index contributed by atoms with van der Waals surface area (Å²) in [4.78, 5) is 21.4. The zero-order chi connectivity index (χ0) is 14.5. The van der Waals surface area contributed by atoms with Crippen LogP contribution in [0.25, 0.3) is 0 Å². The summed E-state index contributed by atoms with van der Waals surface area (Å²) in [5, 5.41) is 16.9. The molecule has 0 saturated heterocycles. The predicted octanol–water partition coefficient (Wildman–Crippen LogP) is 0.556. The van der Waals surface area contributed by atoms with Crippen LogP contribution in [0.5, 0.6) is 0 Å². The first-order chi connectivity index (χ1) is 8.83. The fourth-order valence-corrected chi connectivity index (χ4v) is 3.93. The van der Waals surface area contributed by atoms with Crippen molar-refractivity contribution in [2.45, 2.75) is 56.2 Å². The Kier molecular flexibility index (Phi) is 5.74. The summed E-state index contributed by atoms with van der Waals surface area (Å²) in [6.45, 7) is 0. The highest BCUT2D eigenvalue weighted by molar-refractivity contribution is 7.90. The van der Waals surface area contributed by atoms with Crippen LogP contribution in [0.3, 0.4) is 0 Å². The fraction of sp³-hybridized carbons (Fsp3) is 0.818. The van der Waals surface area contributed by atoms with Gasteiger partial charge in [-0.2, -0.15) is 0 Å². The van der Waals surface area contributed by atoms with Gasteiger partial charge in [-0.25, -0.2) is 13.1 Å². The van der Waals surface area contributed by atoms with Crippen molar-refractivity contribution in [1.82, 2.24) is 4.72 Å². The molecule has 3 N–H and O–H groups in total. The van der Waals surface area contributed by atoms with Crippen molar-refractivity contribution in [2.24, 2.45) is 0 Å². The third-order valence-corrected chi connectivity index (χ3v) is 5.20. The molecule has 0 aliphatic heterocycles. The van der Waals surface area contributed by atoms with Crippen LogP contribution in [0.1, 0.15) is 44.9 Å². The molecule has 7 nitrogen and oxygen atoms in total. The SMILES string of the molecule is O=C(O)CC[C@H](NS(=O)(=O)C1CCCCC1)C(=O)O. The van der Waals surface area contributed by atoms with Crippen molar-refractivity contribution in [2.75, 3.05) is 0 Å². The number of carboxylic acid groups (broad SMARTS) is 2. The lowest BCUT2D eigenvalue weighted by Crippen LogP contribution is -2.45. The van der Waals surface area contributed by atoms with Gasteiger partial charge in [0, 0.05) is 6.42 Å². The smallest absolute Gasteiger partial charge is 0.321 e. The van der Waals surface area contributed by atoms with Gasteiger partial charge in [-0.15, -0.1) is 0 Å². The molecule has 0 unspecified atom stereocenters. The molecule has 0 heterocycles. The Labute approximate surface area is 112 Å². The van der Waals surface area contributed by atoms with E-state index in [4.69, 9.17) is 10.2 Å². The predicted molar refractivity (Wildman–Crippen MR) is 67.2 cm³/mol. The maximum Gasteiger partial charge on any atom is 0.321 e.